The highest BCUT2D eigenvalue weighted by Gasteiger charge is 2.26. The van der Waals surface area contributed by atoms with Gasteiger partial charge < -0.3 is 14.5 Å². The molecule has 1 amide bonds. The van der Waals surface area contributed by atoms with Crippen LogP contribution in [0, 0.1) is 0 Å². The number of furan rings is 1. The summed E-state index contributed by atoms with van der Waals surface area (Å²) in [6, 6.07) is 4.00. The summed E-state index contributed by atoms with van der Waals surface area (Å²) in [4.78, 5) is 19.0. The molecule has 2 aromatic heterocycles. The first kappa shape index (κ1) is 16.3. The van der Waals surface area contributed by atoms with Crippen molar-refractivity contribution in [3.05, 3.63) is 53.2 Å². The standard InChI is InChI=1S/C19H23N3O3/c23-19(18-2-1-7-25-18)21-12-14-10-20-11-15-13-22(6-3-17(14)15)16-4-8-24-9-5-16/h1-2,7,10-11,16H,3-6,8-9,12-13H2,(H,21,23). The summed E-state index contributed by atoms with van der Waals surface area (Å²) < 4.78 is 10.6. The van der Waals surface area contributed by atoms with E-state index < -0.39 is 0 Å². The molecule has 132 valence electrons. The number of ether oxygens (including phenoxy) is 1. The summed E-state index contributed by atoms with van der Waals surface area (Å²) in [6.07, 6.45) is 8.57. The molecule has 6 nitrogen and oxygen atoms in total. The lowest BCUT2D eigenvalue weighted by Gasteiger charge is -2.37. The molecule has 0 unspecified atom stereocenters. The van der Waals surface area contributed by atoms with Crippen LogP contribution in [0.4, 0.5) is 0 Å². The number of carbonyl (C=O) groups excluding carboxylic acids is 1. The van der Waals surface area contributed by atoms with Crippen LogP contribution in [0.25, 0.3) is 0 Å². The maximum absolute atomic E-state index is 12.1. The van der Waals surface area contributed by atoms with Crippen LogP contribution in [0.2, 0.25) is 0 Å². The number of carbonyl (C=O) groups is 1. The second-order valence-corrected chi connectivity index (χ2v) is 6.66. The molecule has 0 radical (unpaired) electrons. The van der Waals surface area contributed by atoms with Crippen molar-refractivity contribution in [3.8, 4) is 0 Å². The lowest BCUT2D eigenvalue weighted by Crippen LogP contribution is -2.42. The minimum Gasteiger partial charge on any atom is -0.459 e. The summed E-state index contributed by atoms with van der Waals surface area (Å²) in [5.74, 6) is 0.144. The van der Waals surface area contributed by atoms with E-state index in [1.165, 1.54) is 17.4 Å². The number of fused-ring (bicyclic) bond motifs is 1. The van der Waals surface area contributed by atoms with Gasteiger partial charge in [-0.15, -0.1) is 0 Å². The van der Waals surface area contributed by atoms with Gasteiger partial charge in [0, 0.05) is 51.3 Å². The second-order valence-electron chi connectivity index (χ2n) is 6.66. The van der Waals surface area contributed by atoms with E-state index in [-0.39, 0.29) is 5.91 Å². The molecule has 1 N–H and O–H groups in total. The molecule has 0 spiro atoms. The molecule has 4 rings (SSSR count). The molecular formula is C19H23N3O3. The van der Waals surface area contributed by atoms with Gasteiger partial charge in [-0.1, -0.05) is 0 Å². The lowest BCUT2D eigenvalue weighted by molar-refractivity contribution is 0.0289. The van der Waals surface area contributed by atoms with Crippen LogP contribution >= 0.6 is 0 Å². The Balaban J connectivity index is 1.43. The molecule has 25 heavy (non-hydrogen) atoms. The van der Waals surface area contributed by atoms with Crippen molar-refractivity contribution in [2.75, 3.05) is 19.8 Å². The number of amides is 1. The van der Waals surface area contributed by atoms with Gasteiger partial charge in [-0.25, -0.2) is 0 Å². The van der Waals surface area contributed by atoms with E-state index in [2.05, 4.69) is 15.2 Å². The molecule has 1 fully saturated rings. The van der Waals surface area contributed by atoms with Crippen molar-refractivity contribution in [2.45, 2.75) is 38.4 Å². The zero-order valence-corrected chi connectivity index (χ0v) is 14.2. The molecule has 1 saturated heterocycles. The number of hydrogen-bond acceptors (Lipinski definition) is 5. The van der Waals surface area contributed by atoms with Gasteiger partial charge in [0.1, 0.15) is 0 Å². The van der Waals surface area contributed by atoms with Gasteiger partial charge in [0.25, 0.3) is 5.91 Å². The van der Waals surface area contributed by atoms with Crippen molar-refractivity contribution in [3.63, 3.8) is 0 Å². The SMILES string of the molecule is O=C(NCc1cncc2c1CCN(C1CCOCC1)C2)c1ccco1. The Morgan fingerprint density at radius 2 is 2.20 bits per heavy atom. The summed E-state index contributed by atoms with van der Waals surface area (Å²) in [6.45, 7) is 4.21. The third kappa shape index (κ3) is 3.60. The molecule has 2 aliphatic rings. The average Bonchev–Trinajstić information content (AvgIpc) is 3.21. The first-order valence-corrected chi connectivity index (χ1v) is 8.89. The lowest BCUT2D eigenvalue weighted by atomic mass is 9.94. The highest BCUT2D eigenvalue weighted by Crippen LogP contribution is 2.26. The van der Waals surface area contributed by atoms with Crippen molar-refractivity contribution in [2.24, 2.45) is 0 Å². The maximum Gasteiger partial charge on any atom is 0.287 e. The minimum absolute atomic E-state index is 0.192. The number of aromatic nitrogens is 1. The van der Waals surface area contributed by atoms with Crippen LogP contribution in [-0.2, 0) is 24.2 Å². The fourth-order valence-corrected chi connectivity index (χ4v) is 3.77. The maximum atomic E-state index is 12.1. The molecule has 0 atom stereocenters. The fourth-order valence-electron chi connectivity index (χ4n) is 3.77. The normalized spacial score (nSPS) is 18.7. The summed E-state index contributed by atoms with van der Waals surface area (Å²) in [5.41, 5.74) is 3.71. The van der Waals surface area contributed by atoms with E-state index in [0.717, 1.165) is 51.1 Å². The second kappa shape index (κ2) is 7.37. The minimum atomic E-state index is -0.192. The van der Waals surface area contributed by atoms with E-state index in [9.17, 15) is 4.79 Å². The van der Waals surface area contributed by atoms with Gasteiger partial charge in [-0.05, 0) is 48.1 Å². The largest absolute Gasteiger partial charge is 0.459 e. The van der Waals surface area contributed by atoms with E-state index in [1.54, 1.807) is 12.1 Å². The third-order valence-electron chi connectivity index (χ3n) is 5.15. The van der Waals surface area contributed by atoms with Gasteiger partial charge in [0.05, 0.1) is 6.26 Å². The van der Waals surface area contributed by atoms with Gasteiger partial charge in [0.15, 0.2) is 5.76 Å². The Kier molecular flexibility index (Phi) is 4.81. The van der Waals surface area contributed by atoms with E-state index >= 15 is 0 Å². The highest BCUT2D eigenvalue weighted by atomic mass is 16.5. The van der Waals surface area contributed by atoms with Crippen molar-refractivity contribution in [1.29, 1.82) is 0 Å². The summed E-state index contributed by atoms with van der Waals surface area (Å²) in [7, 11) is 0. The zero-order chi connectivity index (χ0) is 17.1. The molecule has 0 bridgehead atoms. The number of pyridine rings is 1. The topological polar surface area (TPSA) is 67.6 Å². The van der Waals surface area contributed by atoms with Crippen molar-refractivity contribution < 1.29 is 13.9 Å². The number of hydrogen-bond donors (Lipinski definition) is 1. The highest BCUT2D eigenvalue weighted by molar-refractivity contribution is 5.91. The molecule has 0 aromatic carbocycles. The molecular weight excluding hydrogens is 318 g/mol. The van der Waals surface area contributed by atoms with Gasteiger partial charge in [-0.3, -0.25) is 14.7 Å². The average molecular weight is 341 g/mol. The molecule has 2 aromatic rings. The molecule has 0 aliphatic carbocycles. The van der Waals surface area contributed by atoms with Gasteiger partial charge in [-0.2, -0.15) is 0 Å². The van der Waals surface area contributed by atoms with E-state index in [4.69, 9.17) is 9.15 Å². The Morgan fingerprint density at radius 3 is 3.00 bits per heavy atom. The zero-order valence-electron chi connectivity index (χ0n) is 14.2. The molecule has 4 heterocycles. The predicted molar refractivity (Wildman–Crippen MR) is 92.1 cm³/mol. The van der Waals surface area contributed by atoms with Gasteiger partial charge in [0.2, 0.25) is 0 Å². The Bertz CT molecular complexity index is 724. The third-order valence-corrected chi connectivity index (χ3v) is 5.15. The van der Waals surface area contributed by atoms with Crippen LogP contribution in [0.3, 0.4) is 0 Å². The van der Waals surface area contributed by atoms with Crippen LogP contribution in [0.1, 0.15) is 40.1 Å². The first-order valence-electron chi connectivity index (χ1n) is 8.89. The van der Waals surface area contributed by atoms with Crippen LogP contribution in [-0.4, -0.2) is 41.6 Å². The molecule has 6 heteroatoms. The van der Waals surface area contributed by atoms with Crippen LogP contribution < -0.4 is 5.32 Å². The van der Waals surface area contributed by atoms with Crippen molar-refractivity contribution >= 4 is 5.91 Å². The fraction of sp³-hybridized carbons (Fsp3) is 0.474. The Hall–Kier alpha value is -2.18. The quantitative estimate of drug-likeness (QED) is 0.923. The predicted octanol–water partition coefficient (Wildman–Crippen LogP) is 2.14. The Labute approximate surface area is 147 Å². The number of rotatable bonds is 4. The monoisotopic (exact) mass is 341 g/mol. The molecule has 0 saturated carbocycles. The first-order chi connectivity index (χ1) is 12.3. The molecule has 2 aliphatic heterocycles. The van der Waals surface area contributed by atoms with Crippen molar-refractivity contribution in [1.82, 2.24) is 15.2 Å². The number of nitrogens with zero attached hydrogens (tertiary/aromatic N) is 2. The Morgan fingerprint density at radius 1 is 1.32 bits per heavy atom. The van der Waals surface area contributed by atoms with E-state index in [0.29, 0.717) is 18.3 Å². The van der Waals surface area contributed by atoms with E-state index in [1.807, 2.05) is 12.4 Å². The summed E-state index contributed by atoms with van der Waals surface area (Å²) in [5, 5.41) is 2.92. The van der Waals surface area contributed by atoms with Gasteiger partial charge >= 0.3 is 0 Å². The smallest absolute Gasteiger partial charge is 0.287 e. The summed E-state index contributed by atoms with van der Waals surface area (Å²) >= 11 is 0. The number of nitrogens with one attached hydrogen (secondary N) is 1. The van der Waals surface area contributed by atoms with Crippen LogP contribution in [0.5, 0.6) is 0 Å². The van der Waals surface area contributed by atoms with Crippen LogP contribution in [0.15, 0.2) is 35.2 Å².